The molecular formula is C15H19NOS. The first-order valence-electron chi connectivity index (χ1n) is 6.20. The number of thiazole rings is 1. The Kier molecular flexibility index (Phi) is 4.15. The van der Waals surface area contributed by atoms with Gasteiger partial charge in [0.1, 0.15) is 0 Å². The average molecular weight is 261 g/mol. The fraction of sp³-hybridized carbons (Fsp3) is 0.400. The predicted octanol–water partition coefficient (Wildman–Crippen LogP) is 3.39. The molecule has 1 aromatic carbocycles. The number of nitrogens with zero attached hydrogens (tertiary/aromatic N) is 1. The minimum Gasteiger partial charge on any atom is -0.396 e. The summed E-state index contributed by atoms with van der Waals surface area (Å²) in [6.45, 7) is 6.37. The third-order valence-corrected chi connectivity index (χ3v) is 4.36. The molecule has 0 amide bonds. The highest BCUT2D eigenvalue weighted by molar-refractivity contribution is 7.11. The van der Waals surface area contributed by atoms with Gasteiger partial charge in [0.15, 0.2) is 0 Å². The Bertz CT molecular complexity index is 496. The predicted molar refractivity (Wildman–Crippen MR) is 76.3 cm³/mol. The van der Waals surface area contributed by atoms with Gasteiger partial charge in [-0.25, -0.2) is 4.98 Å². The molecule has 1 aromatic heterocycles. The molecule has 18 heavy (non-hydrogen) atoms. The summed E-state index contributed by atoms with van der Waals surface area (Å²) in [4.78, 5) is 5.82. The van der Waals surface area contributed by atoms with Gasteiger partial charge in [-0.15, -0.1) is 11.3 Å². The smallest absolute Gasteiger partial charge is 0.0937 e. The molecule has 0 bridgehead atoms. The molecule has 2 rings (SSSR count). The highest BCUT2D eigenvalue weighted by Gasteiger charge is 2.14. The topological polar surface area (TPSA) is 33.1 Å². The average Bonchev–Trinajstić information content (AvgIpc) is 2.67. The van der Waals surface area contributed by atoms with E-state index in [1.165, 1.54) is 16.0 Å². The maximum atomic E-state index is 9.56. The molecule has 0 fully saturated rings. The molecule has 0 radical (unpaired) electrons. The van der Waals surface area contributed by atoms with Crippen molar-refractivity contribution in [1.29, 1.82) is 0 Å². The minimum absolute atomic E-state index is 0.149. The van der Waals surface area contributed by atoms with Gasteiger partial charge in [-0.1, -0.05) is 29.8 Å². The molecule has 1 unspecified atom stereocenters. The summed E-state index contributed by atoms with van der Waals surface area (Å²) in [5.41, 5.74) is 3.54. The lowest BCUT2D eigenvalue weighted by Gasteiger charge is -2.13. The van der Waals surface area contributed by atoms with Crippen molar-refractivity contribution in [2.24, 2.45) is 0 Å². The van der Waals surface area contributed by atoms with E-state index in [1.54, 1.807) is 11.3 Å². The lowest BCUT2D eigenvalue weighted by Crippen LogP contribution is -2.07. The summed E-state index contributed by atoms with van der Waals surface area (Å²) in [7, 11) is 0. The second-order valence-electron chi connectivity index (χ2n) is 4.74. The first-order chi connectivity index (χ1) is 8.60. The lowest BCUT2D eigenvalue weighted by atomic mass is 9.96. The van der Waals surface area contributed by atoms with Crippen molar-refractivity contribution in [2.45, 2.75) is 33.1 Å². The zero-order valence-corrected chi connectivity index (χ0v) is 11.9. The Morgan fingerprint density at radius 1 is 1.17 bits per heavy atom. The fourth-order valence-corrected chi connectivity index (χ4v) is 2.98. The quantitative estimate of drug-likeness (QED) is 0.915. The minimum atomic E-state index is 0.149. The van der Waals surface area contributed by atoms with Crippen LogP contribution in [0.2, 0.25) is 0 Å². The number of aliphatic hydroxyl groups is 1. The van der Waals surface area contributed by atoms with E-state index in [4.69, 9.17) is 0 Å². The number of rotatable bonds is 4. The van der Waals surface area contributed by atoms with E-state index in [0.717, 1.165) is 17.1 Å². The summed E-state index contributed by atoms with van der Waals surface area (Å²) in [6, 6.07) is 8.39. The molecule has 0 aliphatic carbocycles. The second kappa shape index (κ2) is 5.63. The van der Waals surface area contributed by atoms with E-state index in [1.807, 2.05) is 6.92 Å². The zero-order valence-electron chi connectivity index (χ0n) is 11.1. The van der Waals surface area contributed by atoms with Gasteiger partial charge in [0.25, 0.3) is 0 Å². The van der Waals surface area contributed by atoms with Crippen LogP contribution in [0.15, 0.2) is 24.3 Å². The summed E-state index contributed by atoms with van der Waals surface area (Å²) >= 11 is 1.73. The molecule has 0 aliphatic rings. The van der Waals surface area contributed by atoms with Crippen molar-refractivity contribution in [3.63, 3.8) is 0 Å². The largest absolute Gasteiger partial charge is 0.396 e. The molecule has 0 spiro atoms. The van der Waals surface area contributed by atoms with E-state index in [9.17, 15) is 5.11 Å². The highest BCUT2D eigenvalue weighted by atomic mass is 32.1. The van der Waals surface area contributed by atoms with Crippen LogP contribution in [-0.4, -0.2) is 16.7 Å². The van der Waals surface area contributed by atoms with Crippen LogP contribution in [0.25, 0.3) is 0 Å². The van der Waals surface area contributed by atoms with Gasteiger partial charge in [-0.2, -0.15) is 0 Å². The summed E-state index contributed by atoms with van der Waals surface area (Å²) in [6.07, 6.45) is 0.818. The Hall–Kier alpha value is -1.19. The Morgan fingerprint density at radius 2 is 1.83 bits per heavy atom. The Labute approximate surface area is 112 Å². The zero-order chi connectivity index (χ0) is 13.1. The van der Waals surface area contributed by atoms with Gasteiger partial charge < -0.3 is 5.11 Å². The SMILES string of the molecule is Cc1ccc(C(CO)Cc2nc(C)c(C)s2)cc1. The van der Waals surface area contributed by atoms with E-state index in [0.29, 0.717) is 0 Å². The monoisotopic (exact) mass is 261 g/mol. The number of aryl methyl sites for hydroxylation is 3. The lowest BCUT2D eigenvalue weighted by molar-refractivity contribution is 0.264. The third kappa shape index (κ3) is 2.98. The molecule has 3 heteroatoms. The van der Waals surface area contributed by atoms with Gasteiger partial charge in [0.2, 0.25) is 0 Å². The van der Waals surface area contributed by atoms with E-state index in [2.05, 4.69) is 43.1 Å². The Balaban J connectivity index is 2.16. The van der Waals surface area contributed by atoms with Gasteiger partial charge in [-0.05, 0) is 26.3 Å². The van der Waals surface area contributed by atoms with Gasteiger partial charge in [0, 0.05) is 17.2 Å². The molecule has 2 aromatic rings. The number of aromatic nitrogens is 1. The van der Waals surface area contributed by atoms with Crippen LogP contribution in [-0.2, 0) is 6.42 Å². The molecule has 1 heterocycles. The summed E-state index contributed by atoms with van der Waals surface area (Å²) in [5, 5.41) is 10.7. The van der Waals surface area contributed by atoms with Crippen LogP contribution in [0.5, 0.6) is 0 Å². The van der Waals surface area contributed by atoms with Crippen LogP contribution >= 0.6 is 11.3 Å². The number of hydrogen-bond donors (Lipinski definition) is 1. The van der Waals surface area contributed by atoms with Crippen LogP contribution < -0.4 is 0 Å². The van der Waals surface area contributed by atoms with Gasteiger partial charge in [0.05, 0.1) is 17.3 Å². The first-order valence-corrected chi connectivity index (χ1v) is 7.02. The maximum absolute atomic E-state index is 9.56. The summed E-state index contributed by atoms with van der Waals surface area (Å²) in [5.74, 6) is 0.149. The van der Waals surface area contributed by atoms with Crippen molar-refractivity contribution in [3.05, 3.63) is 51.0 Å². The van der Waals surface area contributed by atoms with Gasteiger partial charge >= 0.3 is 0 Å². The van der Waals surface area contributed by atoms with Crippen LogP contribution in [0.3, 0.4) is 0 Å². The van der Waals surface area contributed by atoms with Crippen LogP contribution in [0.4, 0.5) is 0 Å². The van der Waals surface area contributed by atoms with Crippen LogP contribution in [0, 0.1) is 20.8 Å². The molecular weight excluding hydrogens is 242 g/mol. The van der Waals surface area contributed by atoms with Gasteiger partial charge in [-0.3, -0.25) is 0 Å². The number of benzene rings is 1. The molecule has 96 valence electrons. The van der Waals surface area contributed by atoms with Crippen molar-refractivity contribution < 1.29 is 5.11 Å². The summed E-state index contributed by atoms with van der Waals surface area (Å²) < 4.78 is 0. The normalized spacial score (nSPS) is 12.7. The first kappa shape index (κ1) is 13.2. The molecule has 0 saturated heterocycles. The van der Waals surface area contributed by atoms with E-state index in [-0.39, 0.29) is 12.5 Å². The second-order valence-corrected chi connectivity index (χ2v) is 6.03. The van der Waals surface area contributed by atoms with Crippen molar-refractivity contribution in [1.82, 2.24) is 4.98 Å². The fourth-order valence-electron chi connectivity index (χ4n) is 1.96. The maximum Gasteiger partial charge on any atom is 0.0937 e. The molecule has 2 nitrogen and oxygen atoms in total. The van der Waals surface area contributed by atoms with Crippen molar-refractivity contribution in [3.8, 4) is 0 Å². The van der Waals surface area contributed by atoms with Crippen molar-refractivity contribution in [2.75, 3.05) is 6.61 Å². The molecule has 1 atom stereocenters. The van der Waals surface area contributed by atoms with Crippen molar-refractivity contribution >= 4 is 11.3 Å². The van der Waals surface area contributed by atoms with Crippen LogP contribution in [0.1, 0.15) is 32.6 Å². The third-order valence-electron chi connectivity index (χ3n) is 3.26. The Morgan fingerprint density at radius 3 is 2.33 bits per heavy atom. The number of hydrogen-bond acceptors (Lipinski definition) is 3. The van der Waals surface area contributed by atoms with E-state index >= 15 is 0 Å². The molecule has 0 aliphatic heterocycles. The van der Waals surface area contributed by atoms with E-state index < -0.39 is 0 Å². The molecule has 1 N–H and O–H groups in total. The molecule has 0 saturated carbocycles. The number of aliphatic hydroxyl groups excluding tert-OH is 1. The standard InChI is InChI=1S/C15H19NOS/c1-10-4-6-13(7-5-10)14(9-17)8-15-16-11(2)12(3)18-15/h4-7,14,17H,8-9H2,1-3H3. The highest BCUT2D eigenvalue weighted by Crippen LogP contribution is 2.25.